The quantitative estimate of drug-likeness (QED) is 0.0840. The summed E-state index contributed by atoms with van der Waals surface area (Å²) in [5.41, 5.74) is 2.82. The first-order chi connectivity index (χ1) is 31.4. The molecule has 0 radical (unpaired) electrons. The number of pyridine rings is 1. The van der Waals surface area contributed by atoms with Crippen molar-refractivity contribution in [2.75, 3.05) is 28.5 Å². The summed E-state index contributed by atoms with van der Waals surface area (Å²) in [5, 5.41) is 33.7. The zero-order valence-electron chi connectivity index (χ0n) is 36.2. The summed E-state index contributed by atoms with van der Waals surface area (Å²) < 4.78 is 57.1. The van der Waals surface area contributed by atoms with E-state index >= 15 is 4.39 Å². The minimum atomic E-state index is -3.58. The highest BCUT2D eigenvalue weighted by Crippen LogP contribution is 2.39. The van der Waals surface area contributed by atoms with Gasteiger partial charge in [0.1, 0.15) is 41.1 Å². The zero-order chi connectivity index (χ0) is 45.7. The molecule has 2 fully saturated rings. The monoisotopic (exact) mass is 919 g/mol. The number of hydrogen-bond acceptors (Lipinski definition) is 11. The number of benzene rings is 4. The van der Waals surface area contributed by atoms with E-state index in [-0.39, 0.29) is 35.0 Å². The first kappa shape index (κ1) is 45.5. The van der Waals surface area contributed by atoms with Crippen LogP contribution in [0.5, 0.6) is 17.2 Å². The van der Waals surface area contributed by atoms with E-state index in [9.17, 15) is 18.3 Å². The maximum atomic E-state index is 15.7. The molecule has 338 valence electrons. The van der Waals surface area contributed by atoms with Crippen LogP contribution >= 0.6 is 11.6 Å². The van der Waals surface area contributed by atoms with E-state index in [0.717, 1.165) is 63.9 Å². The number of fused-ring (bicyclic) bond motifs is 1. The minimum Gasteiger partial charge on any atom is -0.490 e. The van der Waals surface area contributed by atoms with Gasteiger partial charge in [0.15, 0.2) is 5.82 Å². The fourth-order valence-electron chi connectivity index (χ4n) is 8.67. The van der Waals surface area contributed by atoms with Crippen molar-refractivity contribution in [3.05, 3.63) is 135 Å². The Bertz CT molecular complexity index is 2880. The number of ether oxygens (including phenoxy) is 2. The molecule has 0 amide bonds. The van der Waals surface area contributed by atoms with Crippen molar-refractivity contribution < 1.29 is 27.4 Å². The van der Waals surface area contributed by atoms with Gasteiger partial charge in [-0.1, -0.05) is 35.9 Å². The topological polar surface area (TPSA) is 172 Å². The molecule has 1 aliphatic heterocycles. The van der Waals surface area contributed by atoms with Crippen molar-refractivity contribution in [2.24, 2.45) is 13.0 Å². The molecule has 3 heterocycles. The predicted molar refractivity (Wildman–Crippen MR) is 250 cm³/mol. The number of nitrogens with zero attached hydrogens (tertiary/aromatic N) is 5. The van der Waals surface area contributed by atoms with Gasteiger partial charge < -0.3 is 24.0 Å². The Labute approximate surface area is 382 Å². The average molecular weight is 921 g/mol. The van der Waals surface area contributed by atoms with E-state index in [1.165, 1.54) is 10.6 Å². The number of nitriles is 1. The summed E-state index contributed by atoms with van der Waals surface area (Å²) in [7, 11) is -1.92. The van der Waals surface area contributed by atoms with E-state index in [4.69, 9.17) is 26.3 Å². The molecular formula is C49H51ClFN7O6S. The Morgan fingerprint density at radius 3 is 2.37 bits per heavy atom. The molecule has 0 bridgehead atoms. The first-order valence-corrected chi connectivity index (χ1v) is 24.0. The first-order valence-electron chi connectivity index (χ1n) is 21.9. The summed E-state index contributed by atoms with van der Waals surface area (Å²) in [6.07, 6.45) is 7.28. The van der Waals surface area contributed by atoms with Crippen LogP contribution in [0, 0.1) is 23.1 Å². The summed E-state index contributed by atoms with van der Waals surface area (Å²) in [4.78, 5) is 15.2. The summed E-state index contributed by atoms with van der Waals surface area (Å²) in [5.74, 6) is 1.98. The molecule has 2 aliphatic rings. The van der Waals surface area contributed by atoms with Crippen LogP contribution in [0.15, 0.2) is 102 Å². The molecule has 1 unspecified atom stereocenters. The molecule has 6 aromatic rings. The molecule has 65 heavy (non-hydrogen) atoms. The third-order valence-electron chi connectivity index (χ3n) is 12.4. The van der Waals surface area contributed by atoms with Crippen molar-refractivity contribution in [3.8, 4) is 34.4 Å². The smallest absolute Gasteiger partial charge is 0.258 e. The molecule has 13 nitrogen and oxygen atoms in total. The molecule has 1 saturated carbocycles. The van der Waals surface area contributed by atoms with Gasteiger partial charge in [-0.15, -0.1) is 10.2 Å². The maximum absolute atomic E-state index is 15.7. The third kappa shape index (κ3) is 10.9. The van der Waals surface area contributed by atoms with Crippen molar-refractivity contribution in [3.63, 3.8) is 0 Å². The van der Waals surface area contributed by atoms with Gasteiger partial charge in [0.05, 0.1) is 22.4 Å². The molecule has 1 saturated heterocycles. The van der Waals surface area contributed by atoms with Crippen molar-refractivity contribution >= 4 is 43.9 Å². The molecular weight excluding hydrogens is 869 g/mol. The molecule has 2 aromatic heterocycles. The van der Waals surface area contributed by atoms with E-state index in [0.29, 0.717) is 73.3 Å². The Morgan fingerprint density at radius 1 is 0.923 bits per heavy atom. The van der Waals surface area contributed by atoms with Crippen LogP contribution in [0.1, 0.15) is 74.9 Å². The van der Waals surface area contributed by atoms with E-state index < -0.39 is 16.3 Å². The molecule has 1 aliphatic carbocycles. The SMILES string of the molecule is CCS(=O)(=O)Nc1ccc(Oc2ccc(CCC3CCN(c4ccc(C(O)N[C@H]5CC[C@H](Oc6ccc(C#N)c(Cl)c6)CC5)nn4)CC3)c(F)c2)c(-c2cn(C)c(=O)c3ccccc23)c1. The number of sulfonamides is 1. The molecule has 3 N–H and O–H groups in total. The van der Waals surface area contributed by atoms with Gasteiger partial charge >= 0.3 is 0 Å². The fourth-order valence-corrected chi connectivity index (χ4v) is 9.51. The number of aryl methyl sites for hydroxylation is 2. The lowest BCUT2D eigenvalue weighted by Gasteiger charge is -2.33. The molecule has 4 aromatic carbocycles. The summed E-state index contributed by atoms with van der Waals surface area (Å²) in [6, 6.07) is 27.9. The lowest BCUT2D eigenvalue weighted by molar-refractivity contribution is 0.0856. The Kier molecular flexibility index (Phi) is 14.0. The Hall–Kier alpha value is -6.05. The van der Waals surface area contributed by atoms with Gasteiger partial charge in [-0.25, -0.2) is 12.8 Å². The van der Waals surface area contributed by atoms with E-state index in [1.54, 1.807) is 80.8 Å². The number of nitrogens with one attached hydrogen (secondary N) is 2. The maximum Gasteiger partial charge on any atom is 0.258 e. The van der Waals surface area contributed by atoms with E-state index in [1.807, 2.05) is 24.3 Å². The second kappa shape index (κ2) is 20.0. The number of anilines is 2. The van der Waals surface area contributed by atoms with Gasteiger partial charge in [0, 0.05) is 66.7 Å². The van der Waals surface area contributed by atoms with Crippen molar-refractivity contribution in [1.29, 1.82) is 5.26 Å². The van der Waals surface area contributed by atoms with Crippen LogP contribution in [-0.4, -0.2) is 59.3 Å². The van der Waals surface area contributed by atoms with Crippen LogP contribution < -0.4 is 30.0 Å². The second-order valence-electron chi connectivity index (χ2n) is 16.8. The zero-order valence-corrected chi connectivity index (χ0v) is 37.8. The van der Waals surface area contributed by atoms with Crippen LogP contribution in [0.4, 0.5) is 15.9 Å². The highest BCUT2D eigenvalue weighted by molar-refractivity contribution is 7.92. The van der Waals surface area contributed by atoms with Gasteiger partial charge in [0.25, 0.3) is 5.56 Å². The van der Waals surface area contributed by atoms with E-state index in [2.05, 4.69) is 31.2 Å². The number of rotatable bonds is 15. The highest BCUT2D eigenvalue weighted by Gasteiger charge is 2.26. The Morgan fingerprint density at radius 2 is 1.68 bits per heavy atom. The largest absolute Gasteiger partial charge is 0.490 e. The van der Waals surface area contributed by atoms with Gasteiger partial charge in [-0.2, -0.15) is 5.26 Å². The predicted octanol–water partition coefficient (Wildman–Crippen LogP) is 9.03. The lowest BCUT2D eigenvalue weighted by Crippen LogP contribution is -2.38. The molecule has 16 heteroatoms. The average Bonchev–Trinajstić information content (AvgIpc) is 3.31. The van der Waals surface area contributed by atoms with Crippen LogP contribution in [0.3, 0.4) is 0 Å². The normalized spacial score (nSPS) is 17.4. The van der Waals surface area contributed by atoms with Crippen LogP contribution in [0.2, 0.25) is 5.02 Å². The molecule has 1 atom stereocenters. The number of aliphatic hydroxyl groups is 1. The van der Waals surface area contributed by atoms with Crippen molar-refractivity contribution in [2.45, 2.75) is 76.7 Å². The van der Waals surface area contributed by atoms with Gasteiger partial charge in [-0.05, 0) is 130 Å². The Balaban J connectivity index is 0.831. The highest BCUT2D eigenvalue weighted by atomic mass is 35.5. The number of aromatic nitrogens is 3. The van der Waals surface area contributed by atoms with Crippen LogP contribution in [-0.2, 0) is 23.5 Å². The number of halogens is 2. The number of aliphatic hydroxyl groups excluding tert-OH is 1. The minimum absolute atomic E-state index is 0.0292. The summed E-state index contributed by atoms with van der Waals surface area (Å²) in [6.45, 7) is 3.14. The fraction of sp³-hybridized carbons (Fsp3) is 0.347. The van der Waals surface area contributed by atoms with Gasteiger partial charge in [0.2, 0.25) is 10.0 Å². The number of piperidine rings is 1. The lowest BCUT2D eigenvalue weighted by atomic mass is 9.90. The molecule has 8 rings (SSSR count). The van der Waals surface area contributed by atoms with Crippen LogP contribution in [0.25, 0.3) is 21.9 Å². The summed E-state index contributed by atoms with van der Waals surface area (Å²) >= 11 is 6.16. The van der Waals surface area contributed by atoms with Gasteiger partial charge in [-0.3, -0.25) is 14.8 Å². The van der Waals surface area contributed by atoms with Crippen molar-refractivity contribution in [1.82, 2.24) is 20.1 Å². The standard InChI is InChI=1S/C49H51ClFN7O6S/c1-3-65(61,62)56-35-14-20-46(41(26-35)42-30-57(2)49(60)40-7-5-4-6-39(40)42)64-38-15-10-32(44(51)28-38)9-8-31-22-24-58(25-23-31)47-21-19-45(54-55-47)48(59)53-34-12-17-36(18-13-34)63-37-16-11-33(29-52)43(50)27-37/h4-7,10-11,14-16,19-21,26-28,30-31,34,36,48,53,56,59H,3,8-9,12-13,17-18,22-25H2,1-2H3/t34-,36-,48?. The molecule has 0 spiro atoms. The second-order valence-corrected chi connectivity index (χ2v) is 19.2. The number of hydrogen-bond donors (Lipinski definition) is 3. The third-order valence-corrected chi connectivity index (χ3v) is 14.0.